The van der Waals surface area contributed by atoms with E-state index in [1.54, 1.807) is 25.4 Å². The van der Waals surface area contributed by atoms with Gasteiger partial charge in [0.2, 0.25) is 5.91 Å². The van der Waals surface area contributed by atoms with Crippen molar-refractivity contribution in [3.8, 4) is 0 Å². The van der Waals surface area contributed by atoms with Gasteiger partial charge in [0, 0.05) is 35.2 Å². The van der Waals surface area contributed by atoms with Gasteiger partial charge in [-0.05, 0) is 49.7 Å². The van der Waals surface area contributed by atoms with E-state index in [0.717, 1.165) is 21.5 Å². The van der Waals surface area contributed by atoms with E-state index in [-0.39, 0.29) is 18.4 Å². The number of likely N-dealkylation sites (N-methyl/N-ethyl adjacent to an activating group) is 1. The summed E-state index contributed by atoms with van der Waals surface area (Å²) in [4.78, 5) is 31.1. The highest BCUT2D eigenvalue weighted by atomic mass is 79.9. The molecule has 0 unspecified atom stereocenters. The van der Waals surface area contributed by atoms with Crippen molar-refractivity contribution in [2.24, 2.45) is 0 Å². The van der Waals surface area contributed by atoms with Crippen LogP contribution in [0.3, 0.4) is 0 Å². The first-order valence-corrected chi connectivity index (χ1v) is 10.9. The van der Waals surface area contributed by atoms with E-state index >= 15 is 0 Å². The van der Waals surface area contributed by atoms with E-state index in [0.29, 0.717) is 22.0 Å². The van der Waals surface area contributed by atoms with Crippen molar-refractivity contribution < 1.29 is 14.1 Å². The Balaban J connectivity index is 1.64. The van der Waals surface area contributed by atoms with E-state index in [1.165, 1.54) is 16.7 Å². The number of hydrogen-bond donors (Lipinski definition) is 1. The maximum atomic E-state index is 12.9. The summed E-state index contributed by atoms with van der Waals surface area (Å²) in [6.07, 6.45) is 1.64. The highest BCUT2D eigenvalue weighted by molar-refractivity contribution is 9.10. The molecule has 3 rings (SSSR count). The molecule has 0 saturated carbocycles. The van der Waals surface area contributed by atoms with Gasteiger partial charge in [-0.3, -0.25) is 9.59 Å². The lowest BCUT2D eigenvalue weighted by atomic mass is 10.2. The molecule has 0 aliphatic carbocycles. The van der Waals surface area contributed by atoms with Crippen molar-refractivity contribution in [2.75, 3.05) is 18.9 Å². The van der Waals surface area contributed by atoms with Crippen molar-refractivity contribution in [2.45, 2.75) is 24.6 Å². The third-order valence-corrected chi connectivity index (χ3v) is 5.76. The molecular formula is C21H21BrN4O3S. The van der Waals surface area contributed by atoms with E-state index in [9.17, 15) is 9.59 Å². The van der Waals surface area contributed by atoms with Gasteiger partial charge in [-0.1, -0.05) is 32.8 Å². The van der Waals surface area contributed by atoms with Crippen molar-refractivity contribution in [1.29, 1.82) is 0 Å². The third kappa shape index (κ3) is 5.70. The molecule has 2 amide bonds. The van der Waals surface area contributed by atoms with Crippen LogP contribution in [0.2, 0.25) is 0 Å². The number of pyridine rings is 1. The van der Waals surface area contributed by atoms with E-state index < -0.39 is 0 Å². The standard InChI is InChI=1S/C21H21BrN4O3S/c1-13-9-15(22)6-7-18(13)24-19(27)11-26(3)21(28)17-5-4-8-23-20(17)30-12-16-10-14(2)29-25-16/h4-10H,11-12H2,1-3H3,(H,24,27). The minimum absolute atomic E-state index is 0.0736. The van der Waals surface area contributed by atoms with Gasteiger partial charge in [0.1, 0.15) is 10.8 Å². The summed E-state index contributed by atoms with van der Waals surface area (Å²) in [5, 5.41) is 7.39. The molecule has 2 heterocycles. The van der Waals surface area contributed by atoms with Crippen molar-refractivity contribution in [1.82, 2.24) is 15.0 Å². The van der Waals surface area contributed by atoms with Crippen LogP contribution >= 0.6 is 27.7 Å². The lowest BCUT2D eigenvalue weighted by Crippen LogP contribution is -2.35. The number of rotatable bonds is 7. The smallest absolute Gasteiger partial charge is 0.256 e. The topological polar surface area (TPSA) is 88.3 Å². The molecule has 0 aliphatic rings. The number of aromatic nitrogens is 2. The fourth-order valence-electron chi connectivity index (χ4n) is 2.75. The molecule has 1 aromatic carbocycles. The number of aryl methyl sites for hydroxylation is 2. The monoisotopic (exact) mass is 488 g/mol. The highest BCUT2D eigenvalue weighted by Gasteiger charge is 2.20. The first-order valence-electron chi connectivity index (χ1n) is 9.15. The number of nitrogens with one attached hydrogen (secondary N) is 1. The SMILES string of the molecule is Cc1cc(CSc2ncccc2C(=O)N(C)CC(=O)Nc2ccc(Br)cc2C)no1. The summed E-state index contributed by atoms with van der Waals surface area (Å²) in [7, 11) is 1.60. The number of hydrogen-bond acceptors (Lipinski definition) is 6. The molecule has 1 N–H and O–H groups in total. The number of halogens is 1. The molecule has 0 radical (unpaired) electrons. The van der Waals surface area contributed by atoms with Gasteiger partial charge in [0.15, 0.2) is 0 Å². The summed E-state index contributed by atoms with van der Waals surface area (Å²) in [6, 6.07) is 10.8. The zero-order valence-corrected chi connectivity index (χ0v) is 19.2. The van der Waals surface area contributed by atoms with Crippen LogP contribution in [0.1, 0.15) is 27.4 Å². The second kappa shape index (κ2) is 9.90. The maximum Gasteiger partial charge on any atom is 0.256 e. The van der Waals surface area contributed by atoms with Crippen molar-refractivity contribution >= 4 is 45.2 Å². The molecular weight excluding hydrogens is 468 g/mol. The lowest BCUT2D eigenvalue weighted by Gasteiger charge is -2.18. The van der Waals surface area contributed by atoms with Gasteiger partial charge in [-0.25, -0.2) is 4.98 Å². The molecule has 0 atom stereocenters. The molecule has 0 spiro atoms. The number of benzene rings is 1. The zero-order chi connectivity index (χ0) is 21.7. The molecule has 156 valence electrons. The molecule has 7 nitrogen and oxygen atoms in total. The predicted molar refractivity (Wildman–Crippen MR) is 120 cm³/mol. The molecule has 0 fully saturated rings. The largest absolute Gasteiger partial charge is 0.361 e. The van der Waals surface area contributed by atoms with Gasteiger partial charge in [-0.2, -0.15) is 0 Å². The summed E-state index contributed by atoms with van der Waals surface area (Å²) < 4.78 is 6.01. The number of carbonyl (C=O) groups excluding carboxylic acids is 2. The second-order valence-corrected chi connectivity index (χ2v) is 8.62. The van der Waals surface area contributed by atoms with Crippen LogP contribution in [-0.4, -0.2) is 40.4 Å². The Bertz CT molecular complexity index is 1070. The number of anilines is 1. The van der Waals surface area contributed by atoms with Gasteiger partial charge in [0.05, 0.1) is 17.8 Å². The molecule has 3 aromatic rings. The van der Waals surface area contributed by atoms with Crippen LogP contribution in [0.4, 0.5) is 5.69 Å². The first-order chi connectivity index (χ1) is 14.3. The summed E-state index contributed by atoms with van der Waals surface area (Å²) in [6.45, 7) is 3.66. The van der Waals surface area contributed by atoms with E-state index in [2.05, 4.69) is 31.4 Å². The average Bonchev–Trinajstić information content (AvgIpc) is 3.13. The fourth-order valence-corrected chi connectivity index (χ4v) is 4.09. The van der Waals surface area contributed by atoms with Gasteiger partial charge in [0.25, 0.3) is 5.91 Å². The zero-order valence-electron chi connectivity index (χ0n) is 16.8. The Hall–Kier alpha value is -2.65. The minimum atomic E-state index is -0.274. The number of nitrogens with zero attached hydrogens (tertiary/aromatic N) is 3. The predicted octanol–water partition coefficient (Wildman–Crippen LogP) is 4.45. The summed E-state index contributed by atoms with van der Waals surface area (Å²) in [5.41, 5.74) is 2.86. The number of amides is 2. The molecule has 0 saturated heterocycles. The van der Waals surface area contributed by atoms with Crippen molar-refractivity contribution in [3.05, 3.63) is 69.6 Å². The molecule has 9 heteroatoms. The highest BCUT2D eigenvalue weighted by Crippen LogP contribution is 2.25. The number of thioether (sulfide) groups is 1. The van der Waals surface area contributed by atoms with Crippen LogP contribution < -0.4 is 5.32 Å². The van der Waals surface area contributed by atoms with Crippen LogP contribution in [0.5, 0.6) is 0 Å². The lowest BCUT2D eigenvalue weighted by molar-refractivity contribution is -0.116. The van der Waals surface area contributed by atoms with Crippen LogP contribution in [0.15, 0.2) is 56.6 Å². The summed E-state index contributed by atoms with van der Waals surface area (Å²) in [5.74, 6) is 0.716. The summed E-state index contributed by atoms with van der Waals surface area (Å²) >= 11 is 4.80. The second-order valence-electron chi connectivity index (χ2n) is 6.74. The Morgan fingerprint density at radius 3 is 2.73 bits per heavy atom. The van der Waals surface area contributed by atoms with Crippen LogP contribution in [0.25, 0.3) is 0 Å². The van der Waals surface area contributed by atoms with Gasteiger partial charge >= 0.3 is 0 Å². The fraction of sp³-hybridized carbons (Fsp3) is 0.238. The molecule has 0 aliphatic heterocycles. The molecule has 2 aromatic heterocycles. The normalized spacial score (nSPS) is 10.7. The van der Waals surface area contributed by atoms with E-state index in [4.69, 9.17) is 4.52 Å². The van der Waals surface area contributed by atoms with Gasteiger partial charge < -0.3 is 14.7 Å². The maximum absolute atomic E-state index is 12.9. The van der Waals surface area contributed by atoms with Gasteiger partial charge in [-0.15, -0.1) is 0 Å². The number of carbonyl (C=O) groups is 2. The Kier molecular flexibility index (Phi) is 7.28. The average molecular weight is 489 g/mol. The minimum Gasteiger partial charge on any atom is -0.361 e. The van der Waals surface area contributed by atoms with Crippen molar-refractivity contribution in [3.63, 3.8) is 0 Å². The Morgan fingerprint density at radius 1 is 1.23 bits per heavy atom. The molecule has 30 heavy (non-hydrogen) atoms. The quantitative estimate of drug-likeness (QED) is 0.494. The first kappa shape index (κ1) is 22.0. The Morgan fingerprint density at radius 2 is 2.03 bits per heavy atom. The molecule has 0 bridgehead atoms. The van der Waals surface area contributed by atoms with E-state index in [1.807, 2.05) is 38.1 Å². The third-order valence-electron chi connectivity index (χ3n) is 4.23. The van der Waals surface area contributed by atoms with Crippen LogP contribution in [0, 0.1) is 13.8 Å². The Labute approximate surface area is 187 Å². The van der Waals surface area contributed by atoms with Crippen LogP contribution in [-0.2, 0) is 10.5 Å².